The molecule has 0 saturated heterocycles. The summed E-state index contributed by atoms with van der Waals surface area (Å²) in [5, 5.41) is 13.4. The van der Waals surface area contributed by atoms with Crippen LogP contribution in [0.3, 0.4) is 0 Å². The lowest BCUT2D eigenvalue weighted by Gasteiger charge is -2.34. The van der Waals surface area contributed by atoms with Gasteiger partial charge in [-0.2, -0.15) is 0 Å². The number of benzene rings is 20. The fourth-order valence-electron chi connectivity index (χ4n) is 21.6. The van der Waals surface area contributed by atoms with E-state index in [9.17, 15) is 0 Å². The van der Waals surface area contributed by atoms with Crippen molar-refractivity contribution in [2.45, 2.75) is 84.0 Å². The molecule has 0 fully saturated rings. The Bertz CT molecular complexity index is 7430. The molecular formula is C123H96. The van der Waals surface area contributed by atoms with Crippen LogP contribution in [0.25, 0.3) is 121 Å². The van der Waals surface area contributed by atoms with Gasteiger partial charge < -0.3 is 0 Å². The Morgan fingerprint density at radius 2 is 0.553 bits per heavy atom. The zero-order valence-corrected chi connectivity index (χ0v) is 70.9. The predicted octanol–water partition coefficient (Wildman–Crippen LogP) is 32.7. The molecule has 5 aliphatic carbocycles. The molecule has 0 N–H and O–H groups in total. The number of aryl methyl sites for hydroxylation is 5. The highest BCUT2D eigenvalue weighted by Crippen LogP contribution is 2.60. The molecule has 0 nitrogen and oxygen atoms in total. The van der Waals surface area contributed by atoms with Crippen molar-refractivity contribution in [3.05, 3.63) is 524 Å². The minimum absolute atomic E-state index is 0.282. The predicted molar refractivity (Wildman–Crippen MR) is 522 cm³/mol. The van der Waals surface area contributed by atoms with Crippen LogP contribution in [0, 0.1) is 34.6 Å². The van der Waals surface area contributed by atoms with E-state index in [0.29, 0.717) is 17.8 Å². The van der Waals surface area contributed by atoms with Crippen LogP contribution in [-0.4, -0.2) is 0 Å². The zero-order chi connectivity index (χ0) is 83.0. The molecular weight excluding hydrogens is 1480 g/mol. The van der Waals surface area contributed by atoms with Crippen molar-refractivity contribution < 1.29 is 0 Å². The first-order chi connectivity index (χ1) is 60.5. The largest absolute Gasteiger partial charge is 0.0713 e. The van der Waals surface area contributed by atoms with E-state index in [2.05, 4.69) is 467 Å². The van der Waals surface area contributed by atoms with Gasteiger partial charge in [0.25, 0.3) is 0 Å². The first-order valence-corrected chi connectivity index (χ1v) is 43.9. The molecule has 25 rings (SSSR count). The number of fused-ring (bicyclic) bond motifs is 25. The third-order valence-corrected chi connectivity index (χ3v) is 27.2. The summed E-state index contributed by atoms with van der Waals surface area (Å²) in [5.41, 5.74) is 42.7. The molecule has 588 valence electrons. The topological polar surface area (TPSA) is 0 Å². The molecule has 0 saturated carbocycles. The molecule has 4 unspecified atom stereocenters. The minimum atomic E-state index is -0.316. The van der Waals surface area contributed by atoms with Crippen LogP contribution in [0.5, 0.6) is 0 Å². The molecule has 123 heavy (non-hydrogen) atoms. The van der Waals surface area contributed by atoms with Crippen LogP contribution >= 0.6 is 0 Å². The van der Waals surface area contributed by atoms with Crippen LogP contribution in [0.4, 0.5) is 0 Å². The van der Waals surface area contributed by atoms with Crippen molar-refractivity contribution in [2.24, 2.45) is 0 Å². The Morgan fingerprint density at radius 3 is 1.03 bits per heavy atom. The summed E-state index contributed by atoms with van der Waals surface area (Å²) >= 11 is 0. The van der Waals surface area contributed by atoms with Crippen LogP contribution in [-0.2, 0) is 5.41 Å². The fraction of sp³-hybridized carbons (Fsp3) is 0.106. The SMILES string of the molecule is CCC1c2cc(C)ccc2-c2c1ccc1ccccc21.Cc1ccc2c(c1)-c1c(ccc3ccccc13)C2C.Cc1ccc2c(c1)C(c1ccc(-c3ccccc3)cc1)c1ccc3ccccc3c1-2.Cc1ccc2c(c1)C(c1ccccc1)(c1ccccc1)c1ccc3ccccc3c1-2.Cc1ccc2c(c1)C(c1ccccc1)c1ccc3ccccc3c1-2. The Hall–Kier alpha value is -14.3. The van der Waals surface area contributed by atoms with E-state index >= 15 is 0 Å². The normalized spacial score (nSPS) is 15.0. The molecule has 20 aromatic carbocycles. The van der Waals surface area contributed by atoms with Gasteiger partial charge in [-0.3, -0.25) is 0 Å². The van der Waals surface area contributed by atoms with Gasteiger partial charge in [0.15, 0.2) is 0 Å². The van der Waals surface area contributed by atoms with Gasteiger partial charge in [-0.15, -0.1) is 0 Å². The third kappa shape index (κ3) is 13.1. The second-order valence-corrected chi connectivity index (χ2v) is 34.6. The van der Waals surface area contributed by atoms with Crippen molar-refractivity contribution in [1.29, 1.82) is 0 Å². The van der Waals surface area contributed by atoms with Gasteiger partial charge in [0.2, 0.25) is 0 Å². The van der Waals surface area contributed by atoms with Gasteiger partial charge >= 0.3 is 0 Å². The summed E-state index contributed by atoms with van der Waals surface area (Å²) < 4.78 is 0. The van der Waals surface area contributed by atoms with E-state index in [1.165, 1.54) is 233 Å². The van der Waals surface area contributed by atoms with Crippen molar-refractivity contribution in [2.75, 3.05) is 0 Å². The van der Waals surface area contributed by atoms with Crippen LogP contribution in [0.2, 0.25) is 0 Å². The molecule has 20 aromatic rings. The molecule has 0 bridgehead atoms. The summed E-state index contributed by atoms with van der Waals surface area (Å²) in [4.78, 5) is 0. The van der Waals surface area contributed by atoms with Gasteiger partial charge in [-0.05, 0) is 240 Å². The quantitative estimate of drug-likeness (QED) is 0.156. The highest BCUT2D eigenvalue weighted by molar-refractivity contribution is 6.08. The van der Waals surface area contributed by atoms with E-state index in [-0.39, 0.29) is 11.3 Å². The Balaban J connectivity index is 0.0000000956. The lowest BCUT2D eigenvalue weighted by atomic mass is 9.67. The Kier molecular flexibility index (Phi) is 19.6. The van der Waals surface area contributed by atoms with Gasteiger partial charge in [-0.1, -0.05) is 460 Å². The average Bonchev–Trinajstić information content (AvgIpc) is 1.53. The summed E-state index contributed by atoms with van der Waals surface area (Å²) in [6.45, 7) is 15.5. The minimum Gasteiger partial charge on any atom is -0.0645 e. The summed E-state index contributed by atoms with van der Waals surface area (Å²) in [6, 6.07) is 154. The molecule has 4 atom stereocenters. The van der Waals surface area contributed by atoms with E-state index in [1.807, 2.05) is 0 Å². The highest BCUT2D eigenvalue weighted by atomic mass is 14.5. The van der Waals surface area contributed by atoms with Gasteiger partial charge in [-0.25, -0.2) is 0 Å². The van der Waals surface area contributed by atoms with Crippen molar-refractivity contribution >= 4 is 53.9 Å². The maximum Gasteiger partial charge on any atom is 0.0713 e. The molecule has 0 aliphatic heterocycles. The summed E-state index contributed by atoms with van der Waals surface area (Å²) in [7, 11) is 0. The second-order valence-electron chi connectivity index (χ2n) is 34.6. The summed E-state index contributed by atoms with van der Waals surface area (Å²) in [5.74, 6) is 1.68. The maximum atomic E-state index is 2.39. The molecule has 0 amide bonds. The summed E-state index contributed by atoms with van der Waals surface area (Å²) in [6.07, 6.45) is 1.17. The first kappa shape index (κ1) is 76.1. The number of hydrogen-bond donors (Lipinski definition) is 0. The molecule has 0 radical (unpaired) electrons. The van der Waals surface area contributed by atoms with E-state index in [1.54, 1.807) is 0 Å². The highest BCUT2D eigenvalue weighted by Gasteiger charge is 2.47. The lowest BCUT2D eigenvalue weighted by molar-refractivity contribution is 0.768. The first-order valence-electron chi connectivity index (χ1n) is 43.9. The Morgan fingerprint density at radius 1 is 0.220 bits per heavy atom. The lowest BCUT2D eigenvalue weighted by Crippen LogP contribution is -2.28. The molecule has 5 aliphatic rings. The van der Waals surface area contributed by atoms with E-state index < -0.39 is 0 Å². The van der Waals surface area contributed by atoms with Crippen molar-refractivity contribution in [1.82, 2.24) is 0 Å². The van der Waals surface area contributed by atoms with Gasteiger partial charge in [0.1, 0.15) is 0 Å². The van der Waals surface area contributed by atoms with Crippen LogP contribution in [0.1, 0.15) is 150 Å². The monoisotopic (exact) mass is 1570 g/mol. The number of rotatable bonds is 6. The third-order valence-electron chi connectivity index (χ3n) is 27.2. The number of hydrogen-bond acceptors (Lipinski definition) is 0. The second kappa shape index (κ2) is 31.7. The average molecular weight is 1570 g/mol. The van der Waals surface area contributed by atoms with Gasteiger partial charge in [0.05, 0.1) is 5.41 Å². The maximum absolute atomic E-state index is 2.39. The fourth-order valence-corrected chi connectivity index (χ4v) is 21.6. The zero-order valence-electron chi connectivity index (χ0n) is 70.9. The van der Waals surface area contributed by atoms with Crippen molar-refractivity contribution in [3.8, 4) is 66.8 Å². The van der Waals surface area contributed by atoms with E-state index in [4.69, 9.17) is 0 Å². The van der Waals surface area contributed by atoms with Crippen molar-refractivity contribution in [3.63, 3.8) is 0 Å². The molecule has 0 heteroatoms. The van der Waals surface area contributed by atoms with Crippen LogP contribution < -0.4 is 0 Å². The Labute approximate surface area is 723 Å². The standard InChI is InChI=1S/2C30H22.C24H18.C20H18.C19H16/c1-21-16-18-26-28(20-21)30(23-11-4-2-5-12-23,24-13-6-3-7-14-24)27-19-17-22-10-8-9-15-25(22)29(26)27;1-20-11-17-26-28(19-20)29(27-18-16-23-9-5-6-10-25(23)30(26)27)24-14-12-22(13-15-24)21-7-3-2-4-8-21;1-16-11-13-20-22(15-16)23(18-8-3-2-4-9-18)21-14-12-17-7-5-6-10-19(17)24(20)21;1-3-15-17-11-9-14-6-4-5-7-16(14)20(17)18-10-8-13(2)12-19(15)18;1-12-7-9-15-13(2)16-10-8-14-5-3-4-6-17(14)19(16)18(15)11-12/h2-20H,1H3;2-19,29H,1H3;2-15,23H,1H3;4-12,15H,3H2,1-2H3;3-11,13H,1-2H3. The van der Waals surface area contributed by atoms with Gasteiger partial charge in [0, 0.05) is 23.7 Å². The molecule has 0 heterocycles. The van der Waals surface area contributed by atoms with Crippen LogP contribution in [0.15, 0.2) is 419 Å². The molecule has 0 aromatic heterocycles. The smallest absolute Gasteiger partial charge is 0.0645 e. The molecule has 0 spiro atoms. The van der Waals surface area contributed by atoms with E-state index in [0.717, 1.165) is 0 Å².